The van der Waals surface area contributed by atoms with E-state index < -0.39 is 0 Å². The Kier molecular flexibility index (Phi) is 4.46. The van der Waals surface area contributed by atoms with Gasteiger partial charge in [0, 0.05) is 0 Å². The van der Waals surface area contributed by atoms with Crippen LogP contribution in [0.4, 0.5) is 5.69 Å². The molecule has 0 radical (unpaired) electrons. The minimum Gasteiger partial charge on any atom is -0.324 e. The molecular formula is C17H18ClNO. The van der Waals surface area contributed by atoms with Gasteiger partial charge in [-0.1, -0.05) is 47.5 Å². The normalized spacial score (nSPS) is 10.4. The highest BCUT2D eigenvalue weighted by Crippen LogP contribution is 2.27. The summed E-state index contributed by atoms with van der Waals surface area (Å²) < 4.78 is 0. The van der Waals surface area contributed by atoms with Gasteiger partial charge in [0.25, 0.3) is 0 Å². The number of hydrogen-bond acceptors (Lipinski definition) is 1. The van der Waals surface area contributed by atoms with Crippen molar-refractivity contribution in [2.24, 2.45) is 0 Å². The van der Waals surface area contributed by atoms with Crippen molar-refractivity contribution in [3.05, 3.63) is 63.7 Å². The number of halogens is 1. The van der Waals surface area contributed by atoms with Gasteiger partial charge in [-0.15, -0.1) is 0 Å². The van der Waals surface area contributed by atoms with Crippen LogP contribution in [0, 0.1) is 20.8 Å². The highest BCUT2D eigenvalue weighted by atomic mass is 35.5. The largest absolute Gasteiger partial charge is 0.324 e. The molecule has 2 rings (SSSR count). The molecule has 0 heterocycles. The number of rotatable bonds is 3. The van der Waals surface area contributed by atoms with Crippen LogP contribution in [-0.2, 0) is 11.2 Å². The van der Waals surface area contributed by atoms with Crippen molar-refractivity contribution in [2.75, 3.05) is 5.32 Å². The number of carbonyl (C=O) groups excluding carboxylic acids is 1. The van der Waals surface area contributed by atoms with E-state index in [4.69, 9.17) is 11.6 Å². The van der Waals surface area contributed by atoms with E-state index in [1.807, 2.05) is 57.2 Å². The summed E-state index contributed by atoms with van der Waals surface area (Å²) in [6.45, 7) is 5.95. The molecule has 0 bridgehead atoms. The van der Waals surface area contributed by atoms with Gasteiger partial charge >= 0.3 is 0 Å². The van der Waals surface area contributed by atoms with E-state index in [1.54, 1.807) is 0 Å². The Labute approximate surface area is 124 Å². The van der Waals surface area contributed by atoms with E-state index in [9.17, 15) is 4.79 Å². The lowest BCUT2D eigenvalue weighted by Crippen LogP contribution is -2.15. The Morgan fingerprint density at radius 1 is 1.10 bits per heavy atom. The van der Waals surface area contributed by atoms with Crippen LogP contribution in [0.3, 0.4) is 0 Å². The van der Waals surface area contributed by atoms with Gasteiger partial charge in [0.05, 0.1) is 17.1 Å². The first-order chi connectivity index (χ1) is 9.45. The van der Waals surface area contributed by atoms with Crippen LogP contribution in [0.15, 0.2) is 36.4 Å². The number of hydrogen-bond donors (Lipinski definition) is 1. The van der Waals surface area contributed by atoms with Crippen LogP contribution in [0.5, 0.6) is 0 Å². The number of benzene rings is 2. The molecule has 2 aromatic carbocycles. The van der Waals surface area contributed by atoms with Crippen molar-refractivity contribution in [3.8, 4) is 0 Å². The Balaban J connectivity index is 2.13. The molecule has 0 atom stereocenters. The minimum absolute atomic E-state index is 0.0514. The summed E-state index contributed by atoms with van der Waals surface area (Å²) >= 11 is 6.19. The summed E-state index contributed by atoms with van der Waals surface area (Å²) in [4.78, 5) is 12.1. The van der Waals surface area contributed by atoms with Gasteiger partial charge in [-0.25, -0.2) is 0 Å². The second-order valence-corrected chi connectivity index (χ2v) is 5.56. The van der Waals surface area contributed by atoms with Crippen LogP contribution < -0.4 is 5.32 Å². The molecule has 2 aromatic rings. The third-order valence-electron chi connectivity index (χ3n) is 3.14. The van der Waals surface area contributed by atoms with E-state index in [-0.39, 0.29) is 5.91 Å². The third kappa shape index (κ3) is 3.61. The van der Waals surface area contributed by atoms with E-state index in [0.717, 1.165) is 22.3 Å². The fourth-order valence-electron chi connectivity index (χ4n) is 2.27. The highest BCUT2D eigenvalue weighted by molar-refractivity contribution is 6.34. The molecule has 0 saturated carbocycles. The SMILES string of the molecule is Cc1cccc(CC(=O)Nc2c(C)cc(C)cc2Cl)c1. The van der Waals surface area contributed by atoms with Crippen molar-refractivity contribution < 1.29 is 4.79 Å². The Bertz CT molecular complexity index is 626. The molecule has 20 heavy (non-hydrogen) atoms. The summed E-state index contributed by atoms with van der Waals surface area (Å²) in [6, 6.07) is 11.8. The molecule has 0 fully saturated rings. The first kappa shape index (κ1) is 14.6. The second kappa shape index (κ2) is 6.10. The molecule has 104 valence electrons. The van der Waals surface area contributed by atoms with Crippen LogP contribution in [0.25, 0.3) is 0 Å². The number of carbonyl (C=O) groups is 1. The lowest BCUT2D eigenvalue weighted by atomic mass is 10.1. The summed E-state index contributed by atoms with van der Waals surface area (Å²) in [5.41, 5.74) is 4.93. The van der Waals surface area contributed by atoms with Crippen LogP contribution >= 0.6 is 11.6 Å². The molecule has 0 aliphatic heterocycles. The monoisotopic (exact) mass is 287 g/mol. The summed E-state index contributed by atoms with van der Waals surface area (Å²) in [6.07, 6.45) is 0.353. The van der Waals surface area contributed by atoms with Gasteiger partial charge < -0.3 is 5.32 Å². The van der Waals surface area contributed by atoms with E-state index in [1.165, 1.54) is 0 Å². The summed E-state index contributed by atoms with van der Waals surface area (Å²) in [7, 11) is 0. The van der Waals surface area contributed by atoms with Crippen molar-refractivity contribution in [2.45, 2.75) is 27.2 Å². The Hall–Kier alpha value is -1.80. The molecule has 0 unspecified atom stereocenters. The molecule has 0 aliphatic rings. The quantitative estimate of drug-likeness (QED) is 0.888. The van der Waals surface area contributed by atoms with Crippen molar-refractivity contribution in [1.82, 2.24) is 0 Å². The molecule has 0 spiro atoms. The molecular weight excluding hydrogens is 270 g/mol. The van der Waals surface area contributed by atoms with Crippen molar-refractivity contribution in [3.63, 3.8) is 0 Å². The van der Waals surface area contributed by atoms with Gasteiger partial charge in [-0.05, 0) is 43.5 Å². The van der Waals surface area contributed by atoms with Crippen LogP contribution in [0.1, 0.15) is 22.3 Å². The van der Waals surface area contributed by atoms with Crippen molar-refractivity contribution in [1.29, 1.82) is 0 Å². The van der Waals surface area contributed by atoms with Crippen LogP contribution in [0.2, 0.25) is 5.02 Å². The fraction of sp³-hybridized carbons (Fsp3) is 0.235. The lowest BCUT2D eigenvalue weighted by molar-refractivity contribution is -0.115. The maximum atomic E-state index is 12.1. The number of amides is 1. The molecule has 1 amide bonds. The predicted octanol–water partition coefficient (Wildman–Crippen LogP) is 4.45. The maximum absolute atomic E-state index is 12.1. The first-order valence-corrected chi connectivity index (χ1v) is 6.95. The molecule has 3 heteroatoms. The summed E-state index contributed by atoms with van der Waals surface area (Å²) in [5, 5.41) is 3.49. The number of nitrogens with one attached hydrogen (secondary N) is 1. The maximum Gasteiger partial charge on any atom is 0.228 e. The van der Waals surface area contributed by atoms with Gasteiger partial charge in [0.15, 0.2) is 0 Å². The smallest absolute Gasteiger partial charge is 0.228 e. The van der Waals surface area contributed by atoms with Gasteiger partial charge in [-0.3, -0.25) is 4.79 Å². The lowest BCUT2D eigenvalue weighted by Gasteiger charge is -2.11. The van der Waals surface area contributed by atoms with E-state index in [0.29, 0.717) is 17.1 Å². The third-order valence-corrected chi connectivity index (χ3v) is 3.44. The first-order valence-electron chi connectivity index (χ1n) is 6.58. The predicted molar refractivity (Wildman–Crippen MR) is 84.4 cm³/mol. The van der Waals surface area contributed by atoms with E-state index in [2.05, 4.69) is 5.32 Å². The molecule has 0 aliphatic carbocycles. The highest BCUT2D eigenvalue weighted by Gasteiger charge is 2.10. The average Bonchev–Trinajstić information content (AvgIpc) is 2.33. The topological polar surface area (TPSA) is 29.1 Å². The molecule has 1 N–H and O–H groups in total. The number of aryl methyl sites for hydroxylation is 3. The average molecular weight is 288 g/mol. The standard InChI is InChI=1S/C17H18ClNO/c1-11-5-4-6-14(8-11)10-16(20)19-17-13(3)7-12(2)9-15(17)18/h4-9H,10H2,1-3H3,(H,19,20). The zero-order valence-corrected chi connectivity index (χ0v) is 12.7. The zero-order valence-electron chi connectivity index (χ0n) is 12.0. The van der Waals surface area contributed by atoms with Gasteiger partial charge in [-0.2, -0.15) is 0 Å². The molecule has 0 saturated heterocycles. The molecule has 2 nitrogen and oxygen atoms in total. The second-order valence-electron chi connectivity index (χ2n) is 5.15. The van der Waals surface area contributed by atoms with Gasteiger partial charge in [0.1, 0.15) is 0 Å². The van der Waals surface area contributed by atoms with Crippen LogP contribution in [-0.4, -0.2) is 5.91 Å². The number of anilines is 1. The Morgan fingerprint density at radius 3 is 2.50 bits per heavy atom. The zero-order chi connectivity index (χ0) is 14.7. The van der Waals surface area contributed by atoms with Gasteiger partial charge in [0.2, 0.25) is 5.91 Å². The fourth-order valence-corrected chi connectivity index (χ4v) is 2.63. The van der Waals surface area contributed by atoms with Crippen molar-refractivity contribution >= 4 is 23.2 Å². The van der Waals surface area contributed by atoms with E-state index >= 15 is 0 Å². The summed E-state index contributed by atoms with van der Waals surface area (Å²) in [5.74, 6) is -0.0514. The Morgan fingerprint density at radius 2 is 1.85 bits per heavy atom. The molecule has 0 aromatic heterocycles. The minimum atomic E-state index is -0.0514.